The molecule has 0 saturated carbocycles. The third-order valence-electron chi connectivity index (χ3n) is 3.39. The molecule has 0 amide bonds. The van der Waals surface area contributed by atoms with Crippen LogP contribution in [-0.4, -0.2) is 14.9 Å². The van der Waals surface area contributed by atoms with E-state index < -0.39 is 6.10 Å². The van der Waals surface area contributed by atoms with Crippen LogP contribution in [0.15, 0.2) is 23.9 Å². The molecule has 1 atom stereocenters. The third kappa shape index (κ3) is 2.97. The van der Waals surface area contributed by atoms with Gasteiger partial charge >= 0.3 is 0 Å². The van der Waals surface area contributed by atoms with Crippen molar-refractivity contribution in [1.82, 2.24) is 9.78 Å². The maximum Gasteiger partial charge on any atom is 0.117 e. The fraction of sp³-hybridized carbons (Fsp3) is 0.643. The van der Waals surface area contributed by atoms with Crippen molar-refractivity contribution in [2.24, 2.45) is 0 Å². The Morgan fingerprint density at radius 2 is 2.29 bits per heavy atom. The van der Waals surface area contributed by atoms with E-state index in [4.69, 9.17) is 0 Å². The number of rotatable bonds is 4. The fourth-order valence-electron chi connectivity index (χ4n) is 2.45. The van der Waals surface area contributed by atoms with Crippen LogP contribution in [0.4, 0.5) is 0 Å². The van der Waals surface area contributed by atoms with Crippen molar-refractivity contribution in [1.29, 1.82) is 0 Å². The zero-order valence-electron chi connectivity index (χ0n) is 10.6. The highest BCUT2D eigenvalue weighted by molar-refractivity contribution is 5.20. The maximum atomic E-state index is 10.4. The molecule has 2 rings (SSSR count). The zero-order valence-corrected chi connectivity index (χ0v) is 10.6. The number of hydrogen-bond donors (Lipinski definition) is 1. The lowest BCUT2D eigenvalue weighted by molar-refractivity contribution is 0.198. The van der Waals surface area contributed by atoms with Crippen molar-refractivity contribution < 1.29 is 5.11 Å². The molecule has 94 valence electrons. The molecule has 0 spiro atoms. The van der Waals surface area contributed by atoms with Crippen LogP contribution in [0.1, 0.15) is 57.2 Å². The first-order valence-corrected chi connectivity index (χ1v) is 6.71. The van der Waals surface area contributed by atoms with Gasteiger partial charge in [0.1, 0.15) is 6.10 Å². The van der Waals surface area contributed by atoms with Crippen molar-refractivity contribution >= 4 is 0 Å². The predicted molar refractivity (Wildman–Crippen MR) is 68.6 cm³/mol. The van der Waals surface area contributed by atoms with Crippen LogP contribution in [0.2, 0.25) is 0 Å². The molecular formula is C14H22N2O. The zero-order chi connectivity index (χ0) is 12.1. The minimum atomic E-state index is -0.456. The van der Waals surface area contributed by atoms with Crippen molar-refractivity contribution in [2.45, 2.75) is 58.1 Å². The second-order valence-electron chi connectivity index (χ2n) is 4.76. The Bertz CT molecular complexity index is 381. The van der Waals surface area contributed by atoms with Gasteiger partial charge in [0.2, 0.25) is 0 Å². The molecule has 1 N–H and O–H groups in total. The molecule has 1 unspecified atom stereocenters. The van der Waals surface area contributed by atoms with Gasteiger partial charge in [0.25, 0.3) is 0 Å². The molecule has 0 aliphatic heterocycles. The average molecular weight is 234 g/mol. The number of allylic oxidation sites excluding steroid dienone is 1. The fourth-order valence-corrected chi connectivity index (χ4v) is 2.45. The van der Waals surface area contributed by atoms with Gasteiger partial charge in [-0.3, -0.25) is 4.68 Å². The van der Waals surface area contributed by atoms with Crippen LogP contribution in [0.25, 0.3) is 0 Å². The Kier molecular flexibility index (Phi) is 4.37. The highest BCUT2D eigenvalue weighted by Gasteiger charge is 2.18. The molecule has 3 heteroatoms. The molecule has 1 heterocycles. The highest BCUT2D eigenvalue weighted by atomic mass is 16.3. The lowest BCUT2D eigenvalue weighted by Crippen LogP contribution is -2.11. The molecule has 1 aliphatic rings. The van der Waals surface area contributed by atoms with Crippen LogP contribution < -0.4 is 0 Å². The lowest BCUT2D eigenvalue weighted by Gasteiger charge is -2.16. The monoisotopic (exact) mass is 234 g/mol. The predicted octanol–water partition coefficient (Wildman–Crippen LogP) is 3.22. The van der Waals surface area contributed by atoms with Crippen LogP contribution in [0, 0.1) is 0 Å². The van der Waals surface area contributed by atoms with Gasteiger partial charge in [-0.2, -0.15) is 5.10 Å². The van der Waals surface area contributed by atoms with Gasteiger partial charge in [-0.25, -0.2) is 0 Å². The molecule has 0 bridgehead atoms. The van der Waals surface area contributed by atoms with E-state index in [2.05, 4.69) is 18.1 Å². The van der Waals surface area contributed by atoms with E-state index >= 15 is 0 Å². The highest BCUT2D eigenvalue weighted by Crippen LogP contribution is 2.28. The SMILES string of the molecule is CCCn1nccc1C(O)C1=CCCCCC1. The average Bonchev–Trinajstić information content (AvgIpc) is 2.63. The van der Waals surface area contributed by atoms with Gasteiger partial charge in [0.05, 0.1) is 5.69 Å². The Balaban J connectivity index is 2.14. The summed E-state index contributed by atoms with van der Waals surface area (Å²) in [6, 6.07) is 1.94. The van der Waals surface area contributed by atoms with E-state index in [0.29, 0.717) is 0 Å². The van der Waals surface area contributed by atoms with E-state index in [9.17, 15) is 5.11 Å². The van der Waals surface area contributed by atoms with Crippen molar-refractivity contribution in [3.8, 4) is 0 Å². The Morgan fingerprint density at radius 3 is 3.12 bits per heavy atom. The Hall–Kier alpha value is -1.09. The summed E-state index contributed by atoms with van der Waals surface area (Å²) >= 11 is 0. The summed E-state index contributed by atoms with van der Waals surface area (Å²) in [6.07, 6.45) is 10.5. The van der Waals surface area contributed by atoms with Gasteiger partial charge < -0.3 is 5.11 Å². The summed E-state index contributed by atoms with van der Waals surface area (Å²) in [5.74, 6) is 0. The second kappa shape index (κ2) is 6.01. The third-order valence-corrected chi connectivity index (χ3v) is 3.39. The first-order valence-electron chi connectivity index (χ1n) is 6.71. The van der Waals surface area contributed by atoms with Crippen molar-refractivity contribution in [3.63, 3.8) is 0 Å². The standard InChI is InChI=1S/C14H22N2O/c1-2-11-16-13(9-10-15-16)14(17)12-7-5-3-4-6-8-12/h7,9-10,14,17H,2-6,8,11H2,1H3. The molecule has 0 fully saturated rings. The van der Waals surface area contributed by atoms with E-state index in [-0.39, 0.29) is 0 Å². The lowest BCUT2D eigenvalue weighted by atomic mass is 10.0. The molecule has 3 nitrogen and oxygen atoms in total. The quantitative estimate of drug-likeness (QED) is 0.812. The molecule has 17 heavy (non-hydrogen) atoms. The van der Waals surface area contributed by atoms with Crippen molar-refractivity contribution in [3.05, 3.63) is 29.6 Å². The van der Waals surface area contributed by atoms with Crippen LogP contribution in [0.3, 0.4) is 0 Å². The molecule has 0 saturated heterocycles. The van der Waals surface area contributed by atoms with Crippen LogP contribution >= 0.6 is 0 Å². The summed E-state index contributed by atoms with van der Waals surface area (Å²) in [7, 11) is 0. The topological polar surface area (TPSA) is 38.0 Å². The van der Waals surface area contributed by atoms with Gasteiger partial charge in [-0.1, -0.05) is 19.4 Å². The molecule has 0 radical (unpaired) electrons. The number of aryl methyl sites for hydroxylation is 1. The number of aliphatic hydroxyl groups is 1. The van der Waals surface area contributed by atoms with E-state index in [1.165, 1.54) is 24.8 Å². The number of hydrogen-bond acceptors (Lipinski definition) is 2. The van der Waals surface area contributed by atoms with Gasteiger partial charge in [-0.15, -0.1) is 0 Å². The summed E-state index contributed by atoms with van der Waals surface area (Å²) in [5, 5.41) is 14.7. The summed E-state index contributed by atoms with van der Waals surface area (Å²) in [6.45, 7) is 3.01. The first kappa shape index (κ1) is 12.4. The smallest absolute Gasteiger partial charge is 0.117 e. The Morgan fingerprint density at radius 1 is 1.41 bits per heavy atom. The minimum Gasteiger partial charge on any atom is -0.382 e. The molecule has 1 aromatic rings. The number of aromatic nitrogens is 2. The molecular weight excluding hydrogens is 212 g/mol. The summed E-state index contributed by atoms with van der Waals surface area (Å²) < 4.78 is 1.93. The second-order valence-corrected chi connectivity index (χ2v) is 4.76. The summed E-state index contributed by atoms with van der Waals surface area (Å²) in [5.41, 5.74) is 2.13. The van der Waals surface area contributed by atoms with E-state index in [1.807, 2.05) is 10.7 Å². The number of aliphatic hydroxyl groups excluding tert-OH is 1. The normalized spacial score (nSPS) is 18.6. The van der Waals surface area contributed by atoms with Gasteiger partial charge in [0, 0.05) is 12.7 Å². The number of nitrogens with zero attached hydrogens (tertiary/aromatic N) is 2. The molecule has 1 aromatic heterocycles. The minimum absolute atomic E-state index is 0.456. The van der Waals surface area contributed by atoms with Crippen LogP contribution in [0.5, 0.6) is 0 Å². The van der Waals surface area contributed by atoms with Crippen LogP contribution in [-0.2, 0) is 6.54 Å². The van der Waals surface area contributed by atoms with Gasteiger partial charge in [0.15, 0.2) is 0 Å². The van der Waals surface area contributed by atoms with Crippen molar-refractivity contribution in [2.75, 3.05) is 0 Å². The van der Waals surface area contributed by atoms with E-state index in [1.54, 1.807) is 6.20 Å². The summed E-state index contributed by atoms with van der Waals surface area (Å²) in [4.78, 5) is 0. The maximum absolute atomic E-state index is 10.4. The van der Waals surface area contributed by atoms with Gasteiger partial charge in [-0.05, 0) is 43.7 Å². The first-order chi connectivity index (χ1) is 8.33. The molecule has 1 aliphatic carbocycles. The molecule has 0 aromatic carbocycles. The van der Waals surface area contributed by atoms with E-state index in [0.717, 1.165) is 31.5 Å². The Labute approximate surface area is 103 Å². The largest absolute Gasteiger partial charge is 0.382 e.